The minimum absolute atomic E-state index is 0.112. The van der Waals surface area contributed by atoms with Gasteiger partial charge in [-0.1, -0.05) is 34.8 Å². The Morgan fingerprint density at radius 2 is 1.56 bits per heavy atom. The molecule has 0 bridgehead atoms. The van der Waals surface area contributed by atoms with Crippen molar-refractivity contribution in [1.82, 2.24) is 9.80 Å². The van der Waals surface area contributed by atoms with Crippen LogP contribution in [-0.2, 0) is 4.79 Å². The summed E-state index contributed by atoms with van der Waals surface area (Å²) >= 11 is 18.2. The van der Waals surface area contributed by atoms with Gasteiger partial charge in [-0.3, -0.25) is 9.59 Å². The first-order valence-corrected chi connectivity index (χ1v) is 12.9. The molecule has 0 unspecified atom stereocenters. The van der Waals surface area contributed by atoms with Crippen molar-refractivity contribution in [2.45, 2.75) is 38.5 Å². The van der Waals surface area contributed by atoms with Crippen molar-refractivity contribution in [2.75, 3.05) is 32.8 Å². The summed E-state index contributed by atoms with van der Waals surface area (Å²) in [6.45, 7) is 3.02. The van der Waals surface area contributed by atoms with Crippen LogP contribution in [0.15, 0.2) is 42.5 Å². The largest absolute Gasteiger partial charge is 0.493 e. The van der Waals surface area contributed by atoms with Gasteiger partial charge in [-0.25, -0.2) is 0 Å². The average molecular weight is 524 g/mol. The summed E-state index contributed by atoms with van der Waals surface area (Å²) < 4.78 is 6.15. The maximum Gasteiger partial charge on any atom is 0.253 e. The summed E-state index contributed by atoms with van der Waals surface area (Å²) in [5.41, 5.74) is 0.0179. The zero-order valence-electron chi connectivity index (χ0n) is 19.1. The van der Waals surface area contributed by atoms with Gasteiger partial charge in [0, 0.05) is 48.6 Å². The van der Waals surface area contributed by atoms with Crippen molar-refractivity contribution in [2.24, 2.45) is 5.41 Å². The topological polar surface area (TPSA) is 49.9 Å². The Morgan fingerprint density at radius 1 is 0.853 bits per heavy atom. The van der Waals surface area contributed by atoms with E-state index in [0.717, 1.165) is 38.8 Å². The Bertz CT molecular complexity index is 1020. The van der Waals surface area contributed by atoms with Crippen LogP contribution >= 0.6 is 34.8 Å². The normalized spacial score (nSPS) is 20.8. The van der Waals surface area contributed by atoms with E-state index in [1.54, 1.807) is 30.3 Å². The van der Waals surface area contributed by atoms with Crippen molar-refractivity contribution in [3.8, 4) is 5.75 Å². The molecule has 182 valence electrons. The van der Waals surface area contributed by atoms with E-state index in [4.69, 9.17) is 39.5 Å². The molecule has 34 heavy (non-hydrogen) atoms. The van der Waals surface area contributed by atoms with E-state index in [2.05, 4.69) is 0 Å². The number of carbonyl (C=O) groups is 2. The molecule has 2 aromatic rings. The standard InChI is InChI=1S/C26H29Cl3N2O3/c27-20-6-8-21(9-7-20)34-18-26(16-24(32)30-12-2-1-3-13-30)11-4-14-31(17-26)25(33)19-5-10-22(28)23(29)15-19/h5-10,15H,1-4,11-14,16-18H2/t26-/m1/s1. The Morgan fingerprint density at radius 3 is 2.26 bits per heavy atom. The number of ether oxygens (including phenoxy) is 1. The molecule has 4 rings (SSSR count). The van der Waals surface area contributed by atoms with Crippen molar-refractivity contribution in [3.05, 3.63) is 63.1 Å². The highest BCUT2D eigenvalue weighted by Crippen LogP contribution is 2.36. The van der Waals surface area contributed by atoms with E-state index in [0.29, 0.717) is 52.5 Å². The minimum Gasteiger partial charge on any atom is -0.493 e. The number of carbonyl (C=O) groups excluding carboxylic acids is 2. The fourth-order valence-electron chi connectivity index (χ4n) is 4.85. The Kier molecular flexibility index (Phi) is 8.28. The van der Waals surface area contributed by atoms with Crippen LogP contribution in [0.4, 0.5) is 0 Å². The van der Waals surface area contributed by atoms with Gasteiger partial charge in [0.2, 0.25) is 5.91 Å². The summed E-state index contributed by atoms with van der Waals surface area (Å²) in [6.07, 6.45) is 5.21. The van der Waals surface area contributed by atoms with E-state index >= 15 is 0 Å². The summed E-state index contributed by atoms with van der Waals surface area (Å²) in [5.74, 6) is 0.727. The van der Waals surface area contributed by atoms with Gasteiger partial charge in [0.25, 0.3) is 5.91 Å². The number of hydrogen-bond donors (Lipinski definition) is 0. The zero-order chi connectivity index (χ0) is 24.1. The van der Waals surface area contributed by atoms with Crippen LogP contribution in [0.3, 0.4) is 0 Å². The Hall–Kier alpha value is -1.95. The minimum atomic E-state index is -0.474. The predicted octanol–water partition coefficient (Wildman–Crippen LogP) is 6.35. The van der Waals surface area contributed by atoms with Gasteiger partial charge in [0.15, 0.2) is 0 Å². The third-order valence-corrected chi connectivity index (χ3v) is 7.70. The summed E-state index contributed by atoms with van der Waals surface area (Å²) in [7, 11) is 0. The number of hydrogen-bond acceptors (Lipinski definition) is 3. The molecule has 5 nitrogen and oxygen atoms in total. The highest BCUT2D eigenvalue weighted by Gasteiger charge is 2.41. The van der Waals surface area contributed by atoms with Gasteiger partial charge in [-0.05, 0) is 74.6 Å². The molecule has 0 radical (unpaired) electrons. The van der Waals surface area contributed by atoms with E-state index < -0.39 is 5.41 Å². The number of nitrogens with zero attached hydrogens (tertiary/aromatic N) is 2. The highest BCUT2D eigenvalue weighted by atomic mass is 35.5. The first kappa shape index (κ1) is 25.2. The lowest BCUT2D eigenvalue weighted by molar-refractivity contribution is -0.136. The van der Waals surface area contributed by atoms with Gasteiger partial charge in [0.05, 0.1) is 16.7 Å². The summed E-state index contributed by atoms with van der Waals surface area (Å²) in [6, 6.07) is 12.1. The molecule has 8 heteroatoms. The molecule has 1 atom stereocenters. The van der Waals surface area contributed by atoms with Crippen LogP contribution in [0, 0.1) is 5.41 Å². The monoisotopic (exact) mass is 522 g/mol. The molecule has 2 aliphatic heterocycles. The zero-order valence-corrected chi connectivity index (χ0v) is 21.3. The molecule has 2 fully saturated rings. The number of piperidine rings is 2. The van der Waals surface area contributed by atoms with Crippen LogP contribution in [-0.4, -0.2) is 54.4 Å². The molecular formula is C26H29Cl3N2O3. The second kappa shape index (κ2) is 11.2. The molecule has 2 heterocycles. The number of halogens is 3. The molecule has 2 aliphatic rings. The van der Waals surface area contributed by atoms with Gasteiger partial charge in [0.1, 0.15) is 5.75 Å². The molecular weight excluding hydrogens is 495 g/mol. The van der Waals surface area contributed by atoms with Crippen LogP contribution in [0.25, 0.3) is 0 Å². The molecule has 0 spiro atoms. The first-order chi connectivity index (χ1) is 16.3. The van der Waals surface area contributed by atoms with Gasteiger partial charge in [-0.15, -0.1) is 0 Å². The lowest BCUT2D eigenvalue weighted by Gasteiger charge is -2.43. The lowest BCUT2D eigenvalue weighted by Crippen LogP contribution is -2.51. The van der Waals surface area contributed by atoms with E-state index in [-0.39, 0.29) is 11.8 Å². The summed E-state index contributed by atoms with van der Waals surface area (Å²) in [4.78, 5) is 30.4. The fraction of sp³-hybridized carbons (Fsp3) is 0.462. The van der Waals surface area contributed by atoms with Gasteiger partial charge in [-0.2, -0.15) is 0 Å². The number of amides is 2. The fourth-order valence-corrected chi connectivity index (χ4v) is 5.27. The Labute approximate surface area is 215 Å². The van der Waals surface area contributed by atoms with E-state index in [1.165, 1.54) is 6.42 Å². The number of rotatable bonds is 6. The molecule has 2 saturated heterocycles. The third kappa shape index (κ3) is 6.18. The second-order valence-electron chi connectivity index (χ2n) is 9.32. The van der Waals surface area contributed by atoms with Crippen LogP contribution in [0.2, 0.25) is 15.1 Å². The SMILES string of the molecule is O=C(C[C@]1(COc2ccc(Cl)cc2)CCCN(C(=O)c2ccc(Cl)c(Cl)c2)C1)N1CCCCC1. The number of likely N-dealkylation sites (tertiary alicyclic amines) is 2. The van der Waals surface area contributed by atoms with Crippen LogP contribution in [0.1, 0.15) is 48.9 Å². The van der Waals surface area contributed by atoms with Gasteiger partial charge < -0.3 is 14.5 Å². The smallest absolute Gasteiger partial charge is 0.253 e. The second-order valence-corrected chi connectivity index (χ2v) is 10.6. The van der Waals surface area contributed by atoms with Crippen LogP contribution < -0.4 is 4.74 Å². The number of benzene rings is 2. The van der Waals surface area contributed by atoms with Crippen LogP contribution in [0.5, 0.6) is 5.75 Å². The first-order valence-electron chi connectivity index (χ1n) is 11.8. The highest BCUT2D eigenvalue weighted by molar-refractivity contribution is 6.42. The van der Waals surface area contributed by atoms with E-state index in [1.807, 2.05) is 21.9 Å². The quantitative estimate of drug-likeness (QED) is 0.443. The molecule has 0 aromatic heterocycles. The van der Waals surface area contributed by atoms with Crippen molar-refractivity contribution in [1.29, 1.82) is 0 Å². The van der Waals surface area contributed by atoms with Crippen molar-refractivity contribution >= 4 is 46.6 Å². The lowest BCUT2D eigenvalue weighted by atomic mass is 9.77. The third-order valence-electron chi connectivity index (χ3n) is 6.71. The maximum absolute atomic E-state index is 13.3. The van der Waals surface area contributed by atoms with E-state index in [9.17, 15) is 9.59 Å². The predicted molar refractivity (Wildman–Crippen MR) is 136 cm³/mol. The maximum atomic E-state index is 13.3. The average Bonchev–Trinajstić information content (AvgIpc) is 2.85. The molecule has 2 aromatic carbocycles. The summed E-state index contributed by atoms with van der Waals surface area (Å²) in [5, 5.41) is 1.40. The molecule has 0 N–H and O–H groups in total. The van der Waals surface area contributed by atoms with Gasteiger partial charge >= 0.3 is 0 Å². The molecule has 2 amide bonds. The molecule has 0 saturated carbocycles. The van der Waals surface area contributed by atoms with Crippen molar-refractivity contribution < 1.29 is 14.3 Å². The Balaban J connectivity index is 1.53. The van der Waals surface area contributed by atoms with Crippen molar-refractivity contribution in [3.63, 3.8) is 0 Å². The molecule has 0 aliphatic carbocycles.